The summed E-state index contributed by atoms with van der Waals surface area (Å²) in [6.07, 6.45) is 7.16. The first-order valence-electron chi connectivity index (χ1n) is 6.01. The zero-order chi connectivity index (χ0) is 13.9. The van der Waals surface area contributed by atoms with Crippen LogP contribution in [-0.4, -0.2) is 16.5 Å². The summed E-state index contributed by atoms with van der Waals surface area (Å²) < 4.78 is 1.84. The Kier molecular flexibility index (Phi) is 4.86. The maximum absolute atomic E-state index is 12.2. The average Bonchev–Trinajstić information content (AvgIpc) is 2.67. The van der Waals surface area contributed by atoms with E-state index in [1.165, 1.54) is 0 Å². The molecule has 1 N–H and O–H groups in total. The summed E-state index contributed by atoms with van der Waals surface area (Å²) in [7, 11) is 0. The number of carbonyl (C=O) groups is 1. The molecular formula is C14H19ClN2O. The number of carbonyl (C=O) groups excluding carboxylic acids is 1. The zero-order valence-corrected chi connectivity index (χ0v) is 12.0. The number of halogens is 1. The maximum Gasteiger partial charge on any atom is 0.268 e. The van der Waals surface area contributed by atoms with Gasteiger partial charge in [-0.2, -0.15) is 0 Å². The van der Waals surface area contributed by atoms with Gasteiger partial charge in [0.2, 0.25) is 0 Å². The second kappa shape index (κ2) is 5.97. The Morgan fingerprint density at radius 1 is 1.44 bits per heavy atom. The third-order valence-corrected chi connectivity index (χ3v) is 2.94. The molecule has 1 rings (SSSR count). The summed E-state index contributed by atoms with van der Waals surface area (Å²) in [6.45, 7) is 7.93. The topological polar surface area (TPSA) is 34.0 Å². The molecule has 0 aliphatic rings. The fourth-order valence-electron chi connectivity index (χ4n) is 1.67. The van der Waals surface area contributed by atoms with Gasteiger partial charge in [-0.25, -0.2) is 0 Å². The van der Waals surface area contributed by atoms with Gasteiger partial charge in [-0.15, -0.1) is 6.42 Å². The Morgan fingerprint density at radius 2 is 2.06 bits per heavy atom. The number of rotatable bonds is 4. The van der Waals surface area contributed by atoms with Crippen LogP contribution in [0.5, 0.6) is 0 Å². The molecule has 18 heavy (non-hydrogen) atoms. The van der Waals surface area contributed by atoms with Gasteiger partial charge in [-0.1, -0.05) is 31.4 Å². The average molecular weight is 267 g/mol. The van der Waals surface area contributed by atoms with Crippen molar-refractivity contribution in [3.05, 3.63) is 23.0 Å². The van der Waals surface area contributed by atoms with Crippen LogP contribution >= 0.6 is 11.6 Å². The number of terminal acetylenes is 1. The third kappa shape index (κ3) is 3.30. The predicted molar refractivity (Wildman–Crippen MR) is 74.8 cm³/mol. The van der Waals surface area contributed by atoms with Crippen LogP contribution in [-0.2, 0) is 0 Å². The van der Waals surface area contributed by atoms with Crippen molar-refractivity contribution >= 4 is 17.5 Å². The third-order valence-electron chi connectivity index (χ3n) is 2.74. The number of nitrogens with one attached hydrogen (secondary N) is 1. The van der Waals surface area contributed by atoms with Gasteiger partial charge in [0.25, 0.3) is 5.91 Å². The van der Waals surface area contributed by atoms with Crippen molar-refractivity contribution in [3.63, 3.8) is 0 Å². The normalized spacial score (nSPS) is 12.6. The Hall–Kier alpha value is -1.40. The Bertz CT molecular complexity index is 469. The number of hydrogen-bond acceptors (Lipinski definition) is 1. The SMILES string of the molecule is C#CC(NC(=O)c1cc(Cl)cn1C(C)C)C(C)C. The first kappa shape index (κ1) is 14.7. The molecule has 98 valence electrons. The van der Waals surface area contributed by atoms with Gasteiger partial charge < -0.3 is 9.88 Å². The van der Waals surface area contributed by atoms with E-state index in [0.717, 1.165) is 0 Å². The fraction of sp³-hybridized carbons (Fsp3) is 0.500. The van der Waals surface area contributed by atoms with Crippen molar-refractivity contribution in [2.45, 2.75) is 39.8 Å². The van der Waals surface area contributed by atoms with Crippen LogP contribution in [0.25, 0.3) is 0 Å². The number of aromatic nitrogens is 1. The van der Waals surface area contributed by atoms with E-state index in [1.807, 2.05) is 32.3 Å². The molecule has 1 aromatic heterocycles. The molecular weight excluding hydrogens is 248 g/mol. The highest BCUT2D eigenvalue weighted by Gasteiger charge is 2.19. The van der Waals surface area contributed by atoms with Crippen LogP contribution in [0.15, 0.2) is 12.3 Å². The Balaban J connectivity index is 2.94. The fourth-order valence-corrected chi connectivity index (χ4v) is 1.88. The highest BCUT2D eigenvalue weighted by Crippen LogP contribution is 2.19. The minimum absolute atomic E-state index is 0.168. The molecule has 0 saturated carbocycles. The van der Waals surface area contributed by atoms with Gasteiger partial charge in [0.05, 0.1) is 11.1 Å². The summed E-state index contributed by atoms with van der Waals surface area (Å²) in [5.41, 5.74) is 0.538. The van der Waals surface area contributed by atoms with Crippen molar-refractivity contribution in [2.75, 3.05) is 0 Å². The minimum atomic E-state index is -0.271. The van der Waals surface area contributed by atoms with Crippen LogP contribution in [0.1, 0.15) is 44.2 Å². The highest BCUT2D eigenvalue weighted by molar-refractivity contribution is 6.31. The number of amides is 1. The largest absolute Gasteiger partial charge is 0.339 e. The van der Waals surface area contributed by atoms with E-state index < -0.39 is 0 Å². The summed E-state index contributed by atoms with van der Waals surface area (Å²) >= 11 is 5.95. The quantitative estimate of drug-likeness (QED) is 0.835. The molecule has 0 radical (unpaired) electrons. The van der Waals surface area contributed by atoms with Crippen molar-refractivity contribution in [1.82, 2.24) is 9.88 Å². The molecule has 0 saturated heterocycles. The van der Waals surface area contributed by atoms with Gasteiger partial charge >= 0.3 is 0 Å². The number of nitrogens with zero attached hydrogens (tertiary/aromatic N) is 1. The van der Waals surface area contributed by atoms with Crippen molar-refractivity contribution in [1.29, 1.82) is 0 Å². The van der Waals surface area contributed by atoms with E-state index in [-0.39, 0.29) is 23.9 Å². The molecule has 1 atom stereocenters. The smallest absolute Gasteiger partial charge is 0.268 e. The Morgan fingerprint density at radius 3 is 2.50 bits per heavy atom. The van der Waals surface area contributed by atoms with E-state index in [0.29, 0.717) is 10.7 Å². The van der Waals surface area contributed by atoms with Gasteiger partial charge in [0, 0.05) is 12.2 Å². The lowest BCUT2D eigenvalue weighted by Crippen LogP contribution is -2.38. The van der Waals surface area contributed by atoms with Crippen LogP contribution in [0, 0.1) is 18.3 Å². The maximum atomic E-state index is 12.2. The van der Waals surface area contributed by atoms with Crippen LogP contribution in [0.3, 0.4) is 0 Å². The second-order valence-electron chi connectivity index (χ2n) is 4.91. The molecule has 3 nitrogen and oxygen atoms in total. The first-order chi connectivity index (χ1) is 8.36. The number of hydrogen-bond donors (Lipinski definition) is 1. The minimum Gasteiger partial charge on any atom is -0.339 e. The van der Waals surface area contributed by atoms with Gasteiger partial charge in [0.1, 0.15) is 5.69 Å². The standard InChI is InChI=1S/C14H19ClN2O/c1-6-12(9(2)3)16-14(18)13-7-11(15)8-17(13)10(4)5/h1,7-10,12H,2-5H3,(H,16,18). The van der Waals surface area contributed by atoms with Crippen molar-refractivity contribution in [3.8, 4) is 12.3 Å². The molecule has 0 aromatic carbocycles. The second-order valence-corrected chi connectivity index (χ2v) is 5.34. The van der Waals surface area contributed by atoms with E-state index in [9.17, 15) is 4.79 Å². The van der Waals surface area contributed by atoms with E-state index in [4.69, 9.17) is 18.0 Å². The van der Waals surface area contributed by atoms with Crippen LogP contribution in [0.2, 0.25) is 5.02 Å². The molecule has 1 heterocycles. The van der Waals surface area contributed by atoms with Crippen LogP contribution < -0.4 is 5.32 Å². The first-order valence-corrected chi connectivity index (χ1v) is 6.39. The molecule has 0 aliphatic carbocycles. The molecule has 1 amide bonds. The van der Waals surface area contributed by atoms with E-state index in [1.54, 1.807) is 12.3 Å². The van der Waals surface area contributed by atoms with E-state index in [2.05, 4.69) is 11.2 Å². The predicted octanol–water partition coefficient (Wildman–Crippen LogP) is 3.11. The van der Waals surface area contributed by atoms with Gasteiger partial charge in [-0.3, -0.25) is 4.79 Å². The summed E-state index contributed by atoms with van der Waals surface area (Å²) in [4.78, 5) is 12.2. The molecule has 4 heteroatoms. The zero-order valence-electron chi connectivity index (χ0n) is 11.2. The lowest BCUT2D eigenvalue weighted by molar-refractivity contribution is 0.0927. The van der Waals surface area contributed by atoms with Gasteiger partial charge in [-0.05, 0) is 25.8 Å². The molecule has 1 unspecified atom stereocenters. The lowest BCUT2D eigenvalue weighted by atomic mass is 10.1. The molecule has 0 fully saturated rings. The van der Waals surface area contributed by atoms with Gasteiger partial charge in [0.15, 0.2) is 0 Å². The Labute approximate surface area is 114 Å². The summed E-state index contributed by atoms with van der Waals surface area (Å²) in [5, 5.41) is 3.39. The monoisotopic (exact) mass is 266 g/mol. The van der Waals surface area contributed by atoms with Crippen molar-refractivity contribution in [2.24, 2.45) is 5.92 Å². The molecule has 1 aromatic rings. The molecule has 0 aliphatic heterocycles. The van der Waals surface area contributed by atoms with Crippen molar-refractivity contribution < 1.29 is 4.79 Å². The summed E-state index contributed by atoms with van der Waals surface area (Å²) in [5.74, 6) is 2.59. The highest BCUT2D eigenvalue weighted by atomic mass is 35.5. The lowest BCUT2D eigenvalue weighted by Gasteiger charge is -2.18. The van der Waals surface area contributed by atoms with E-state index >= 15 is 0 Å². The summed E-state index contributed by atoms with van der Waals surface area (Å²) in [6, 6.07) is 1.55. The molecule has 0 spiro atoms. The van der Waals surface area contributed by atoms with Crippen LogP contribution in [0.4, 0.5) is 0 Å². The molecule has 0 bridgehead atoms.